The fraction of sp³-hybridized carbons (Fsp3) is 0.419. The van der Waals surface area contributed by atoms with Gasteiger partial charge in [0.25, 0.3) is 0 Å². The van der Waals surface area contributed by atoms with Gasteiger partial charge in [0.2, 0.25) is 11.8 Å². The first-order valence-corrected chi connectivity index (χ1v) is 13.0. The summed E-state index contributed by atoms with van der Waals surface area (Å²) in [6, 6.07) is 12.6. The SMILES string of the molecule is C=Cc1cccc(C2(Nc3ccc4c(c3)N(C)C(=O)C4(C)C)CCN(C(=O)/C=C/C)CC2)c1C.CC.[HH]. The maximum Gasteiger partial charge on any atom is 0.246 e. The molecular weight excluding hydrogens is 446 g/mol. The second-order valence-corrected chi connectivity index (χ2v) is 9.98. The molecule has 0 atom stereocenters. The van der Waals surface area contributed by atoms with Crippen LogP contribution in [0.15, 0.2) is 55.1 Å². The lowest BCUT2D eigenvalue weighted by atomic mass is 9.77. The maximum absolute atomic E-state index is 12.8. The Bertz CT molecular complexity index is 1180. The van der Waals surface area contributed by atoms with Crippen LogP contribution in [-0.4, -0.2) is 36.9 Å². The standard InChI is InChI=1S/C29H35N3O2.C2H6.H2/c1-7-10-26(33)32-17-15-29(16-18-32,23-12-9-11-21(8-2)20(23)3)30-22-13-14-24-25(19-22)31(6)27(34)28(24,4)5;1-2;/h7-14,19,30H,2,15-18H2,1,3-6H3;1-2H3;1H/b10-7+;;. The normalized spacial score (nSPS) is 17.9. The summed E-state index contributed by atoms with van der Waals surface area (Å²) in [6.07, 6.45) is 6.91. The van der Waals surface area contributed by atoms with E-state index in [1.807, 2.05) is 52.6 Å². The number of fused-ring (bicyclic) bond motifs is 1. The summed E-state index contributed by atoms with van der Waals surface area (Å²) in [7, 11) is 1.85. The molecule has 0 aromatic heterocycles. The molecule has 0 bridgehead atoms. The average molecular weight is 490 g/mol. The van der Waals surface area contributed by atoms with Crippen molar-refractivity contribution in [2.45, 2.75) is 65.3 Å². The van der Waals surface area contributed by atoms with E-state index in [0.717, 1.165) is 35.3 Å². The molecule has 0 saturated carbocycles. The Labute approximate surface area is 218 Å². The van der Waals surface area contributed by atoms with Gasteiger partial charge in [-0.3, -0.25) is 9.59 Å². The van der Waals surface area contributed by atoms with E-state index in [1.165, 1.54) is 11.1 Å². The van der Waals surface area contributed by atoms with Gasteiger partial charge in [-0.1, -0.05) is 56.8 Å². The molecular formula is C31H43N3O2. The quantitative estimate of drug-likeness (QED) is 0.477. The van der Waals surface area contributed by atoms with E-state index in [4.69, 9.17) is 0 Å². The Hall–Kier alpha value is -3.34. The lowest BCUT2D eigenvalue weighted by Crippen LogP contribution is -2.49. The molecule has 36 heavy (non-hydrogen) atoms. The van der Waals surface area contributed by atoms with Crippen molar-refractivity contribution >= 4 is 29.3 Å². The lowest BCUT2D eigenvalue weighted by molar-refractivity contribution is -0.127. The number of hydrogen-bond donors (Lipinski definition) is 1. The van der Waals surface area contributed by atoms with E-state index in [-0.39, 0.29) is 18.8 Å². The van der Waals surface area contributed by atoms with Crippen molar-refractivity contribution in [3.63, 3.8) is 0 Å². The molecule has 2 aromatic carbocycles. The van der Waals surface area contributed by atoms with Gasteiger partial charge in [0.1, 0.15) is 0 Å². The monoisotopic (exact) mass is 489 g/mol. The first kappa shape index (κ1) is 27.3. The van der Waals surface area contributed by atoms with Gasteiger partial charge in [0.05, 0.1) is 11.0 Å². The molecule has 2 amide bonds. The Morgan fingerprint density at radius 1 is 1.11 bits per heavy atom. The fourth-order valence-corrected chi connectivity index (χ4v) is 5.55. The highest BCUT2D eigenvalue weighted by molar-refractivity contribution is 6.07. The van der Waals surface area contributed by atoms with Gasteiger partial charge in [0, 0.05) is 32.9 Å². The van der Waals surface area contributed by atoms with E-state index in [2.05, 4.69) is 55.2 Å². The zero-order chi connectivity index (χ0) is 26.7. The largest absolute Gasteiger partial charge is 0.375 e. The minimum Gasteiger partial charge on any atom is -0.375 e. The number of nitrogens with one attached hydrogen (secondary N) is 1. The van der Waals surface area contributed by atoms with Crippen LogP contribution in [0.5, 0.6) is 0 Å². The van der Waals surface area contributed by atoms with Crippen LogP contribution < -0.4 is 10.2 Å². The number of anilines is 2. The zero-order valence-electron chi connectivity index (χ0n) is 22.9. The van der Waals surface area contributed by atoms with Crippen molar-refractivity contribution < 1.29 is 11.0 Å². The minimum absolute atomic E-state index is 0. The summed E-state index contributed by atoms with van der Waals surface area (Å²) in [4.78, 5) is 29.0. The predicted octanol–water partition coefficient (Wildman–Crippen LogP) is 6.67. The number of amides is 2. The molecule has 0 aliphatic carbocycles. The first-order chi connectivity index (χ1) is 17.1. The number of nitrogens with zero attached hydrogens (tertiary/aromatic N) is 2. The van der Waals surface area contributed by atoms with E-state index < -0.39 is 5.41 Å². The summed E-state index contributed by atoms with van der Waals surface area (Å²) < 4.78 is 0. The molecule has 2 heterocycles. The van der Waals surface area contributed by atoms with Gasteiger partial charge < -0.3 is 15.1 Å². The molecule has 5 heteroatoms. The molecule has 1 fully saturated rings. The van der Waals surface area contributed by atoms with E-state index >= 15 is 0 Å². The van der Waals surface area contributed by atoms with Crippen LogP contribution in [-0.2, 0) is 20.5 Å². The molecule has 5 nitrogen and oxygen atoms in total. The van der Waals surface area contributed by atoms with Crippen molar-refractivity contribution in [1.29, 1.82) is 0 Å². The third-order valence-electron chi connectivity index (χ3n) is 7.60. The third kappa shape index (κ3) is 4.71. The first-order valence-electron chi connectivity index (χ1n) is 13.0. The Kier molecular flexibility index (Phi) is 8.12. The van der Waals surface area contributed by atoms with Gasteiger partial charge >= 0.3 is 0 Å². The van der Waals surface area contributed by atoms with Crippen LogP contribution in [0.2, 0.25) is 0 Å². The topological polar surface area (TPSA) is 52.7 Å². The molecule has 1 saturated heterocycles. The highest BCUT2D eigenvalue weighted by atomic mass is 16.2. The van der Waals surface area contributed by atoms with E-state index in [9.17, 15) is 9.59 Å². The Balaban J connectivity index is 0.00000157. The number of likely N-dealkylation sites (tertiary alicyclic amines) is 1. The van der Waals surface area contributed by atoms with Crippen LogP contribution >= 0.6 is 0 Å². The van der Waals surface area contributed by atoms with Gasteiger partial charge in [0.15, 0.2) is 0 Å². The molecule has 0 unspecified atom stereocenters. The van der Waals surface area contributed by atoms with Crippen LogP contribution in [0.3, 0.4) is 0 Å². The van der Waals surface area contributed by atoms with Gasteiger partial charge in [-0.15, -0.1) is 0 Å². The van der Waals surface area contributed by atoms with Crippen molar-refractivity contribution in [2.75, 3.05) is 30.4 Å². The lowest BCUT2D eigenvalue weighted by Gasteiger charge is -2.44. The predicted molar refractivity (Wildman–Crippen MR) is 154 cm³/mol. The number of carbonyl (C=O) groups excluding carboxylic acids is 2. The van der Waals surface area contributed by atoms with E-state index in [0.29, 0.717) is 13.1 Å². The van der Waals surface area contributed by atoms with Gasteiger partial charge in [-0.2, -0.15) is 0 Å². The van der Waals surface area contributed by atoms with E-state index in [1.54, 1.807) is 17.1 Å². The van der Waals surface area contributed by atoms with Crippen LogP contribution in [0, 0.1) is 6.92 Å². The van der Waals surface area contributed by atoms with Crippen molar-refractivity contribution in [3.05, 3.63) is 77.4 Å². The Morgan fingerprint density at radius 3 is 2.39 bits per heavy atom. The molecule has 2 aliphatic heterocycles. The third-order valence-corrected chi connectivity index (χ3v) is 7.60. The van der Waals surface area contributed by atoms with Crippen LogP contribution in [0.4, 0.5) is 11.4 Å². The number of benzene rings is 2. The highest BCUT2D eigenvalue weighted by Gasteiger charge is 2.43. The molecule has 2 aliphatic rings. The summed E-state index contributed by atoms with van der Waals surface area (Å²) in [5, 5.41) is 3.86. The second-order valence-electron chi connectivity index (χ2n) is 9.98. The van der Waals surface area contributed by atoms with Gasteiger partial charge in [-0.05, 0) is 81.0 Å². The highest BCUT2D eigenvalue weighted by Crippen LogP contribution is 2.44. The maximum atomic E-state index is 12.8. The number of allylic oxidation sites excluding steroid dienone is 1. The van der Waals surface area contributed by atoms with Crippen molar-refractivity contribution in [3.8, 4) is 0 Å². The number of rotatable bonds is 5. The van der Waals surface area contributed by atoms with Crippen molar-refractivity contribution in [1.82, 2.24) is 4.90 Å². The molecule has 0 spiro atoms. The summed E-state index contributed by atoms with van der Waals surface area (Å²) in [5.41, 5.74) is 5.68. The van der Waals surface area contributed by atoms with Gasteiger partial charge in [-0.25, -0.2) is 0 Å². The number of carbonyl (C=O) groups is 2. The second kappa shape index (κ2) is 10.7. The summed E-state index contributed by atoms with van der Waals surface area (Å²) in [6.45, 7) is 17.3. The van der Waals surface area contributed by atoms with Crippen LogP contribution in [0.1, 0.15) is 71.1 Å². The Morgan fingerprint density at radius 2 is 1.78 bits per heavy atom. The number of likely N-dealkylation sites (N-methyl/N-ethyl adjacent to an activating group) is 1. The van der Waals surface area contributed by atoms with Crippen LogP contribution in [0.25, 0.3) is 6.08 Å². The molecule has 4 rings (SSSR count). The molecule has 1 N–H and O–H groups in total. The smallest absolute Gasteiger partial charge is 0.246 e. The molecule has 0 radical (unpaired) electrons. The minimum atomic E-state index is -0.520. The average Bonchev–Trinajstić information content (AvgIpc) is 3.05. The molecule has 2 aromatic rings. The molecule has 194 valence electrons. The summed E-state index contributed by atoms with van der Waals surface area (Å²) >= 11 is 0. The fourth-order valence-electron chi connectivity index (χ4n) is 5.55. The summed E-state index contributed by atoms with van der Waals surface area (Å²) in [5.74, 6) is 0.173. The number of piperidine rings is 1. The number of hydrogen-bond acceptors (Lipinski definition) is 3. The zero-order valence-corrected chi connectivity index (χ0v) is 22.9. The van der Waals surface area contributed by atoms with Crippen molar-refractivity contribution in [2.24, 2.45) is 0 Å².